The van der Waals surface area contributed by atoms with Crippen LogP contribution in [-0.2, 0) is 4.79 Å². The first-order chi connectivity index (χ1) is 34.1. The molecular formula is C54H56F6N4O7. The minimum Gasteiger partial charge on any atom is -0.497 e. The Morgan fingerprint density at radius 2 is 1.06 bits per heavy atom. The van der Waals surface area contributed by atoms with Crippen LogP contribution in [-0.4, -0.2) is 81.4 Å². The number of hydrogen-bond acceptors (Lipinski definition) is 10. The van der Waals surface area contributed by atoms with Crippen LogP contribution in [0.3, 0.4) is 0 Å². The lowest BCUT2D eigenvalue weighted by Gasteiger charge is -2.34. The maximum absolute atomic E-state index is 14.4. The first-order valence-corrected chi connectivity index (χ1v) is 23.4. The van der Waals surface area contributed by atoms with Gasteiger partial charge in [0.25, 0.3) is 0 Å². The molecule has 6 N–H and O–H groups in total. The van der Waals surface area contributed by atoms with Crippen LogP contribution in [0.4, 0.5) is 26.3 Å². The van der Waals surface area contributed by atoms with Gasteiger partial charge in [-0.25, -0.2) is 26.3 Å². The summed E-state index contributed by atoms with van der Waals surface area (Å²) in [4.78, 5) is 20.4. The molecule has 2 heterocycles. The zero-order chi connectivity index (χ0) is 50.8. The van der Waals surface area contributed by atoms with Crippen LogP contribution in [0.2, 0.25) is 0 Å². The minimum atomic E-state index is -1.26. The Balaban J connectivity index is 0.000000209. The second-order valence-corrected chi connectivity index (χ2v) is 17.9. The Morgan fingerprint density at radius 1 is 0.606 bits per heavy atom. The molecule has 0 aliphatic heterocycles. The summed E-state index contributed by atoms with van der Waals surface area (Å²) in [5.41, 5.74) is 1.15. The van der Waals surface area contributed by atoms with Crippen molar-refractivity contribution in [1.29, 1.82) is 0 Å². The Kier molecular flexibility index (Phi) is 17.9. The third kappa shape index (κ3) is 13.1. The molecule has 6 aromatic rings. The van der Waals surface area contributed by atoms with E-state index in [9.17, 15) is 51.6 Å². The molecule has 4 atom stereocenters. The summed E-state index contributed by atoms with van der Waals surface area (Å²) < 4.78 is 93.0. The molecule has 71 heavy (non-hydrogen) atoms. The van der Waals surface area contributed by atoms with E-state index in [0.717, 1.165) is 55.3 Å². The van der Waals surface area contributed by atoms with E-state index in [-0.39, 0.29) is 51.8 Å². The maximum Gasteiger partial charge on any atom is 0.244 e. The van der Waals surface area contributed by atoms with Crippen molar-refractivity contribution in [3.05, 3.63) is 154 Å². The number of fused-ring (bicyclic) bond motifs is 2. The number of ether oxygens (including phenoxy) is 2. The van der Waals surface area contributed by atoms with Gasteiger partial charge in [-0.15, -0.1) is 0 Å². The van der Waals surface area contributed by atoms with Gasteiger partial charge >= 0.3 is 0 Å². The molecule has 11 nitrogen and oxygen atoms in total. The van der Waals surface area contributed by atoms with Gasteiger partial charge in [-0.05, 0) is 141 Å². The number of aliphatic hydroxyl groups is 4. The maximum atomic E-state index is 14.4. The van der Waals surface area contributed by atoms with Crippen molar-refractivity contribution < 1.29 is 61.0 Å². The average Bonchev–Trinajstić information content (AvgIpc) is 3.38. The largest absolute Gasteiger partial charge is 0.497 e. The van der Waals surface area contributed by atoms with E-state index < -0.39 is 65.2 Å². The lowest BCUT2D eigenvalue weighted by molar-refractivity contribution is -0.117. The predicted molar refractivity (Wildman–Crippen MR) is 257 cm³/mol. The number of hydrogen-bond donors (Lipinski definition) is 6. The normalized spacial score (nSPS) is 20.1. The summed E-state index contributed by atoms with van der Waals surface area (Å²) in [7, 11) is 2.85. The molecule has 0 spiro atoms. The predicted octanol–water partition coefficient (Wildman–Crippen LogP) is 9.36. The number of rotatable bonds is 15. The Labute approximate surface area is 406 Å². The Morgan fingerprint density at radius 3 is 1.52 bits per heavy atom. The van der Waals surface area contributed by atoms with E-state index in [4.69, 9.17) is 9.47 Å². The third-order valence-electron chi connectivity index (χ3n) is 13.4. The van der Waals surface area contributed by atoms with Gasteiger partial charge in [0.05, 0.1) is 26.4 Å². The third-order valence-corrected chi connectivity index (χ3v) is 13.4. The van der Waals surface area contributed by atoms with Gasteiger partial charge in [-0.2, -0.15) is 0 Å². The molecule has 8 rings (SSSR count). The molecule has 376 valence electrons. The molecule has 2 aliphatic carbocycles. The molecule has 0 unspecified atom stereocenters. The molecule has 1 amide bonds. The Bertz CT molecular complexity index is 2850. The quantitative estimate of drug-likeness (QED) is 0.0431. The van der Waals surface area contributed by atoms with E-state index in [1.807, 2.05) is 0 Å². The number of methoxy groups -OCH3 is 2. The summed E-state index contributed by atoms with van der Waals surface area (Å²) in [6.45, 7) is 0.507. The first kappa shape index (κ1) is 52.5. The lowest BCUT2D eigenvalue weighted by Crippen LogP contribution is -2.39. The van der Waals surface area contributed by atoms with E-state index in [1.165, 1.54) is 44.8 Å². The van der Waals surface area contributed by atoms with Crippen molar-refractivity contribution in [2.75, 3.05) is 20.8 Å². The summed E-state index contributed by atoms with van der Waals surface area (Å²) in [6, 6.07) is 15.2. The summed E-state index contributed by atoms with van der Waals surface area (Å²) in [5.74, 6) is -3.50. The van der Waals surface area contributed by atoms with Gasteiger partial charge in [0.2, 0.25) is 5.91 Å². The standard InChI is InChI=1S/C27H27F3N2O4.C27H29F3N2O3/c1-36-19-13-21-20(10-11-31-25(21)23(30)14-19)27(35)26(34)15-2-6-18(7-3-15)32-24(33)9-4-16-12-17(28)5-8-22(16)29;1-35-20-14-22-21(10-12-32-25(22)24(30)15-20)27(34)26(33)16-4-7-19(8-5-16)31-11-2-3-17-13-18(28)6-9-23(17)29/h4-5,8-15,18,26-27,34-35H,2-3,6-7H2,1H3,(H,32,33);2-3,6,9-10,12-16,19,26-27,31,33-34H,4-5,7-8,11H2,1H3/b9-4+;3-2+/t15?,18?,26-,27-;16?,19?,26-,27-/m11/s1. The fourth-order valence-corrected chi connectivity index (χ4v) is 9.44. The highest BCUT2D eigenvalue weighted by Gasteiger charge is 2.34. The average molecular weight is 987 g/mol. The molecule has 2 fully saturated rings. The van der Waals surface area contributed by atoms with E-state index in [1.54, 1.807) is 36.4 Å². The van der Waals surface area contributed by atoms with Gasteiger partial charge in [-0.3, -0.25) is 14.8 Å². The van der Waals surface area contributed by atoms with Crippen LogP contribution in [0.1, 0.15) is 85.8 Å². The fourth-order valence-electron chi connectivity index (χ4n) is 9.44. The van der Waals surface area contributed by atoms with Gasteiger partial charge in [0.1, 0.15) is 58.0 Å². The highest BCUT2D eigenvalue weighted by atomic mass is 19.1. The summed E-state index contributed by atoms with van der Waals surface area (Å²) in [5, 5.41) is 50.7. The van der Waals surface area contributed by atoms with Crippen LogP contribution in [0, 0.1) is 46.7 Å². The molecule has 2 aliphatic rings. The molecule has 4 aromatic carbocycles. The second-order valence-electron chi connectivity index (χ2n) is 17.9. The van der Waals surface area contributed by atoms with E-state index >= 15 is 0 Å². The number of benzene rings is 4. The molecule has 2 saturated carbocycles. The Hall–Kier alpha value is -6.37. The highest BCUT2D eigenvalue weighted by molar-refractivity contribution is 5.92. The number of aromatic nitrogens is 2. The molecular weight excluding hydrogens is 931 g/mol. The van der Waals surface area contributed by atoms with Crippen molar-refractivity contribution in [2.24, 2.45) is 11.8 Å². The van der Waals surface area contributed by atoms with Gasteiger partial charge < -0.3 is 40.5 Å². The first-order valence-electron chi connectivity index (χ1n) is 23.4. The zero-order valence-corrected chi connectivity index (χ0v) is 39.1. The number of carbonyl (C=O) groups is 1. The van der Waals surface area contributed by atoms with E-state index in [0.29, 0.717) is 72.7 Å². The lowest BCUT2D eigenvalue weighted by atomic mass is 9.79. The van der Waals surface area contributed by atoms with Crippen LogP contribution < -0.4 is 20.1 Å². The second kappa shape index (κ2) is 24.2. The zero-order valence-electron chi connectivity index (χ0n) is 39.1. The van der Waals surface area contributed by atoms with Crippen molar-refractivity contribution in [3.63, 3.8) is 0 Å². The topological polar surface area (TPSA) is 166 Å². The molecule has 17 heteroatoms. The van der Waals surface area contributed by atoms with Crippen molar-refractivity contribution in [3.8, 4) is 11.5 Å². The van der Waals surface area contributed by atoms with Crippen LogP contribution >= 0.6 is 0 Å². The number of aliphatic hydroxyl groups excluding tert-OH is 4. The van der Waals surface area contributed by atoms with Crippen molar-refractivity contribution in [1.82, 2.24) is 20.6 Å². The van der Waals surface area contributed by atoms with Gasteiger partial charge in [0, 0.05) is 71.1 Å². The van der Waals surface area contributed by atoms with Crippen molar-refractivity contribution in [2.45, 2.75) is 87.9 Å². The highest BCUT2D eigenvalue weighted by Crippen LogP contribution is 2.38. The smallest absolute Gasteiger partial charge is 0.244 e. The number of carbonyl (C=O) groups excluding carboxylic acids is 1. The van der Waals surface area contributed by atoms with E-state index in [2.05, 4.69) is 20.6 Å². The van der Waals surface area contributed by atoms with Crippen molar-refractivity contribution >= 4 is 39.9 Å². The molecule has 0 radical (unpaired) electrons. The van der Waals surface area contributed by atoms with Gasteiger partial charge in [0.15, 0.2) is 11.6 Å². The monoisotopic (exact) mass is 986 g/mol. The van der Waals surface area contributed by atoms with Crippen LogP contribution in [0.25, 0.3) is 34.0 Å². The number of nitrogens with one attached hydrogen (secondary N) is 2. The fraction of sp³-hybridized carbons (Fsp3) is 0.352. The molecule has 2 aromatic heterocycles. The molecule has 0 bridgehead atoms. The minimum absolute atomic E-state index is 0.0212. The SMILES string of the molecule is COc1cc(F)c2nccc([C@@H](O)[C@H](O)C3CCC(NC(=O)/C=C/c4cc(F)ccc4F)CC3)c2c1.COc1cc(F)c2nccc([C@@H](O)[C@H](O)C3CCC(NC/C=C/c4cc(F)ccc4F)CC3)c2c1. The summed E-state index contributed by atoms with van der Waals surface area (Å²) >= 11 is 0. The van der Waals surface area contributed by atoms with Crippen LogP contribution in [0.15, 0.2) is 97.3 Å². The van der Waals surface area contributed by atoms with Crippen LogP contribution in [0.5, 0.6) is 11.5 Å². The molecule has 0 saturated heterocycles. The number of pyridine rings is 2. The van der Waals surface area contributed by atoms with Gasteiger partial charge in [-0.1, -0.05) is 12.2 Å². The number of nitrogens with zero attached hydrogens (tertiary/aromatic N) is 2. The summed E-state index contributed by atoms with van der Waals surface area (Å²) in [6.07, 6.45) is 9.19. The number of halogens is 6. The number of amides is 1.